The van der Waals surface area contributed by atoms with Gasteiger partial charge >= 0.3 is 0 Å². The van der Waals surface area contributed by atoms with Crippen molar-refractivity contribution in [3.05, 3.63) is 47.0 Å². The van der Waals surface area contributed by atoms with Gasteiger partial charge in [-0.15, -0.1) is 0 Å². The van der Waals surface area contributed by atoms with Crippen molar-refractivity contribution in [3.8, 4) is 0 Å². The number of aromatic nitrogens is 1. The van der Waals surface area contributed by atoms with E-state index in [4.69, 9.17) is 17.3 Å². The zero-order valence-corrected chi connectivity index (χ0v) is 12.9. The zero-order chi connectivity index (χ0) is 15.6. The maximum Gasteiger partial charge on any atom is 0.263 e. The van der Waals surface area contributed by atoms with Gasteiger partial charge in [0.1, 0.15) is 10.7 Å². The molecule has 0 radical (unpaired) electrons. The van der Waals surface area contributed by atoms with Crippen molar-refractivity contribution in [1.82, 2.24) is 4.57 Å². The quantitative estimate of drug-likeness (QED) is 0.884. The van der Waals surface area contributed by atoms with Crippen molar-refractivity contribution >= 4 is 27.3 Å². The second-order valence-electron chi connectivity index (χ2n) is 4.39. The zero-order valence-electron chi connectivity index (χ0n) is 11.3. The Morgan fingerprint density at radius 2 is 2.10 bits per heavy atom. The van der Waals surface area contributed by atoms with E-state index in [1.54, 1.807) is 4.57 Å². The fourth-order valence-corrected chi connectivity index (χ4v) is 3.20. The minimum Gasteiger partial charge on any atom is -0.349 e. The Morgan fingerprint density at radius 3 is 2.62 bits per heavy atom. The van der Waals surface area contributed by atoms with Gasteiger partial charge in [0.15, 0.2) is 0 Å². The molecule has 1 aromatic heterocycles. The van der Waals surface area contributed by atoms with Crippen molar-refractivity contribution in [2.75, 3.05) is 4.72 Å². The summed E-state index contributed by atoms with van der Waals surface area (Å²) in [7, 11) is -3.77. The SMILES string of the molecule is CCn1cc(S(=O)(=O)Nc2ccc(F)c(Cl)c2)cc1CN. The van der Waals surface area contributed by atoms with Gasteiger partial charge in [0, 0.05) is 25.0 Å². The highest BCUT2D eigenvalue weighted by molar-refractivity contribution is 7.92. The molecule has 0 saturated carbocycles. The number of hydrogen-bond donors (Lipinski definition) is 2. The maximum absolute atomic E-state index is 13.1. The molecule has 0 unspecified atom stereocenters. The van der Waals surface area contributed by atoms with Crippen molar-refractivity contribution < 1.29 is 12.8 Å². The second kappa shape index (κ2) is 6.05. The number of hydrogen-bond acceptors (Lipinski definition) is 3. The number of aryl methyl sites for hydroxylation is 1. The van der Waals surface area contributed by atoms with E-state index in [0.717, 1.165) is 11.8 Å². The van der Waals surface area contributed by atoms with E-state index >= 15 is 0 Å². The van der Waals surface area contributed by atoms with E-state index in [0.29, 0.717) is 6.54 Å². The van der Waals surface area contributed by atoms with E-state index in [1.165, 1.54) is 24.4 Å². The monoisotopic (exact) mass is 331 g/mol. The van der Waals surface area contributed by atoms with Crippen LogP contribution >= 0.6 is 11.6 Å². The molecular weight excluding hydrogens is 317 g/mol. The van der Waals surface area contributed by atoms with Gasteiger partial charge in [-0.2, -0.15) is 0 Å². The third-order valence-electron chi connectivity index (χ3n) is 2.99. The maximum atomic E-state index is 13.1. The van der Waals surface area contributed by atoms with Crippen LogP contribution in [0.25, 0.3) is 0 Å². The molecule has 0 amide bonds. The number of benzene rings is 1. The Hall–Kier alpha value is -1.57. The summed E-state index contributed by atoms with van der Waals surface area (Å²) in [5, 5.41) is -0.149. The van der Waals surface area contributed by atoms with Gasteiger partial charge in [-0.3, -0.25) is 4.72 Å². The Labute approximate surface area is 127 Å². The topological polar surface area (TPSA) is 77.1 Å². The molecule has 8 heteroatoms. The molecule has 5 nitrogen and oxygen atoms in total. The van der Waals surface area contributed by atoms with Gasteiger partial charge in [-0.05, 0) is 31.2 Å². The van der Waals surface area contributed by atoms with Crippen LogP contribution < -0.4 is 10.5 Å². The number of rotatable bonds is 5. The van der Waals surface area contributed by atoms with Crippen LogP contribution in [0.3, 0.4) is 0 Å². The number of nitrogens with one attached hydrogen (secondary N) is 1. The molecule has 0 spiro atoms. The van der Waals surface area contributed by atoms with Crippen LogP contribution in [0.4, 0.5) is 10.1 Å². The number of halogens is 2. The fourth-order valence-electron chi connectivity index (χ4n) is 1.91. The van der Waals surface area contributed by atoms with Gasteiger partial charge in [-0.1, -0.05) is 11.6 Å². The minimum atomic E-state index is -3.77. The molecule has 0 fully saturated rings. The first kappa shape index (κ1) is 15.8. The van der Waals surface area contributed by atoms with Gasteiger partial charge in [0.05, 0.1) is 10.7 Å². The highest BCUT2D eigenvalue weighted by Crippen LogP contribution is 2.23. The van der Waals surface area contributed by atoms with E-state index < -0.39 is 15.8 Å². The Morgan fingerprint density at radius 1 is 1.38 bits per heavy atom. The number of nitrogens with zero attached hydrogens (tertiary/aromatic N) is 1. The van der Waals surface area contributed by atoms with Gasteiger partial charge < -0.3 is 10.3 Å². The number of nitrogens with two attached hydrogens (primary N) is 1. The first-order valence-corrected chi connectivity index (χ1v) is 8.10. The lowest BCUT2D eigenvalue weighted by atomic mass is 10.3. The predicted octanol–water partition coefficient (Wildman–Crippen LogP) is 2.56. The molecule has 3 N–H and O–H groups in total. The molecule has 0 aliphatic rings. The van der Waals surface area contributed by atoms with Crippen LogP contribution in [0.1, 0.15) is 12.6 Å². The van der Waals surface area contributed by atoms with Gasteiger partial charge in [0.25, 0.3) is 10.0 Å². The smallest absolute Gasteiger partial charge is 0.263 e. The molecule has 21 heavy (non-hydrogen) atoms. The lowest BCUT2D eigenvalue weighted by molar-refractivity contribution is 0.600. The van der Waals surface area contributed by atoms with Crippen LogP contribution in [0.2, 0.25) is 5.02 Å². The summed E-state index contributed by atoms with van der Waals surface area (Å²) in [4.78, 5) is 0.102. The number of anilines is 1. The molecule has 1 aromatic carbocycles. The molecule has 2 rings (SSSR count). The Kier molecular flexibility index (Phi) is 4.55. The molecule has 1 heterocycles. The van der Waals surface area contributed by atoms with Crippen molar-refractivity contribution in [2.45, 2.75) is 24.9 Å². The van der Waals surface area contributed by atoms with Crippen LogP contribution in [0.5, 0.6) is 0 Å². The number of sulfonamides is 1. The summed E-state index contributed by atoms with van der Waals surface area (Å²) in [5.74, 6) is -0.609. The molecule has 0 aliphatic heterocycles. The largest absolute Gasteiger partial charge is 0.349 e. The molecule has 114 valence electrons. The van der Waals surface area contributed by atoms with Gasteiger partial charge in [-0.25, -0.2) is 12.8 Å². The third kappa shape index (κ3) is 3.37. The molecule has 0 atom stereocenters. The summed E-state index contributed by atoms with van der Waals surface area (Å²) < 4.78 is 41.8. The average molecular weight is 332 g/mol. The highest BCUT2D eigenvalue weighted by atomic mass is 35.5. The van der Waals surface area contributed by atoms with Crippen molar-refractivity contribution in [1.29, 1.82) is 0 Å². The Bertz CT molecular complexity index is 737. The van der Waals surface area contributed by atoms with Crippen molar-refractivity contribution in [2.24, 2.45) is 5.73 Å². The standard InChI is InChI=1S/C13H15ClFN3O2S/c1-2-18-8-11(6-10(18)7-16)21(19,20)17-9-3-4-13(15)12(14)5-9/h3-6,8,17H,2,7,16H2,1H3. The molecular formula is C13H15ClFN3O2S. The summed E-state index contributed by atoms with van der Waals surface area (Å²) in [5.41, 5.74) is 6.49. The third-order valence-corrected chi connectivity index (χ3v) is 4.63. The first-order chi connectivity index (χ1) is 9.87. The highest BCUT2D eigenvalue weighted by Gasteiger charge is 2.18. The average Bonchev–Trinajstić information content (AvgIpc) is 2.86. The summed E-state index contributed by atoms with van der Waals surface area (Å²) in [6.07, 6.45) is 1.51. The molecule has 0 bridgehead atoms. The van der Waals surface area contributed by atoms with Gasteiger partial charge in [0.2, 0.25) is 0 Å². The molecule has 0 saturated heterocycles. The predicted molar refractivity (Wildman–Crippen MR) is 80.2 cm³/mol. The van der Waals surface area contributed by atoms with E-state index in [9.17, 15) is 12.8 Å². The summed E-state index contributed by atoms with van der Waals surface area (Å²) in [6.45, 7) is 2.75. The minimum absolute atomic E-state index is 0.102. The van der Waals surface area contributed by atoms with Crippen LogP contribution in [0, 0.1) is 5.82 Å². The summed E-state index contributed by atoms with van der Waals surface area (Å²) in [6, 6.07) is 5.13. The van der Waals surface area contributed by atoms with Crippen LogP contribution in [-0.2, 0) is 23.1 Å². The fraction of sp³-hybridized carbons (Fsp3) is 0.231. The van der Waals surface area contributed by atoms with E-state index in [-0.39, 0.29) is 22.2 Å². The second-order valence-corrected chi connectivity index (χ2v) is 6.48. The lowest BCUT2D eigenvalue weighted by Crippen LogP contribution is -2.12. The summed E-state index contributed by atoms with van der Waals surface area (Å²) >= 11 is 5.63. The van der Waals surface area contributed by atoms with E-state index in [1.807, 2.05) is 6.92 Å². The lowest BCUT2D eigenvalue weighted by Gasteiger charge is -2.07. The first-order valence-electron chi connectivity index (χ1n) is 6.24. The molecule has 0 aliphatic carbocycles. The van der Waals surface area contributed by atoms with Crippen LogP contribution in [0.15, 0.2) is 35.4 Å². The van der Waals surface area contributed by atoms with Crippen molar-refractivity contribution in [3.63, 3.8) is 0 Å². The van der Waals surface area contributed by atoms with E-state index in [2.05, 4.69) is 4.72 Å². The molecule has 2 aromatic rings. The normalized spacial score (nSPS) is 11.6. The Balaban J connectivity index is 2.33. The van der Waals surface area contributed by atoms with Crippen LogP contribution in [-0.4, -0.2) is 13.0 Å².